The lowest BCUT2D eigenvalue weighted by atomic mass is 10.1. The van der Waals surface area contributed by atoms with Gasteiger partial charge in [0.05, 0.1) is 16.1 Å². The first-order valence-electron chi connectivity index (χ1n) is 3.75. The van der Waals surface area contributed by atoms with E-state index in [9.17, 15) is 27.7 Å². The maximum Gasteiger partial charge on any atom is 0.416 e. The summed E-state index contributed by atoms with van der Waals surface area (Å²) < 4.78 is 49.4. The summed E-state index contributed by atoms with van der Waals surface area (Å²) in [6.07, 6.45) is -4.79. The maximum absolute atomic E-state index is 12.9. The van der Waals surface area contributed by atoms with Crippen LogP contribution >= 0.6 is 0 Å². The third-order valence-electron chi connectivity index (χ3n) is 1.84. The molecule has 0 aromatic heterocycles. The second-order valence-electron chi connectivity index (χ2n) is 2.86. The van der Waals surface area contributed by atoms with Crippen LogP contribution in [-0.4, -0.2) is 4.92 Å². The molecule has 0 bridgehead atoms. The van der Waals surface area contributed by atoms with Crippen molar-refractivity contribution in [1.82, 2.24) is 0 Å². The fourth-order valence-corrected chi connectivity index (χ4v) is 1.02. The lowest BCUT2D eigenvalue weighted by Crippen LogP contribution is -2.07. The van der Waals surface area contributed by atoms with Gasteiger partial charge in [0.15, 0.2) is 0 Å². The van der Waals surface area contributed by atoms with Crippen LogP contribution in [0, 0.1) is 22.9 Å². The molecule has 0 radical (unpaired) electrons. The van der Waals surface area contributed by atoms with Gasteiger partial charge in [0.1, 0.15) is 5.82 Å². The van der Waals surface area contributed by atoms with Gasteiger partial charge in [-0.2, -0.15) is 13.2 Å². The van der Waals surface area contributed by atoms with E-state index >= 15 is 0 Å². The molecule has 0 unspecified atom stereocenters. The van der Waals surface area contributed by atoms with Gasteiger partial charge >= 0.3 is 6.18 Å². The van der Waals surface area contributed by atoms with Crippen LogP contribution in [0.25, 0.3) is 0 Å². The minimum absolute atomic E-state index is 0.238. The molecule has 1 aromatic rings. The summed E-state index contributed by atoms with van der Waals surface area (Å²) in [5.41, 5.74) is -2.65. The molecular formula is C8H5F4NO2. The summed E-state index contributed by atoms with van der Waals surface area (Å²) >= 11 is 0. The van der Waals surface area contributed by atoms with Gasteiger partial charge in [-0.05, 0) is 13.0 Å². The van der Waals surface area contributed by atoms with Crippen LogP contribution in [0.4, 0.5) is 23.2 Å². The van der Waals surface area contributed by atoms with E-state index in [1.807, 2.05) is 0 Å². The molecule has 0 heterocycles. The van der Waals surface area contributed by atoms with Crippen LogP contribution in [0.5, 0.6) is 0 Å². The predicted octanol–water partition coefficient (Wildman–Crippen LogP) is 3.06. The Labute approximate surface area is 81.5 Å². The summed E-state index contributed by atoms with van der Waals surface area (Å²) in [6.45, 7) is 1.05. The summed E-state index contributed by atoms with van der Waals surface area (Å²) in [5, 5.41) is 10.3. The van der Waals surface area contributed by atoms with Gasteiger partial charge in [-0.3, -0.25) is 10.1 Å². The van der Waals surface area contributed by atoms with Crippen molar-refractivity contribution < 1.29 is 22.5 Å². The fraction of sp³-hybridized carbons (Fsp3) is 0.250. The van der Waals surface area contributed by atoms with Crippen LogP contribution < -0.4 is 0 Å². The molecule has 1 aromatic carbocycles. The van der Waals surface area contributed by atoms with Gasteiger partial charge in [0, 0.05) is 6.07 Å². The van der Waals surface area contributed by atoms with Crippen molar-refractivity contribution >= 4 is 5.69 Å². The Bertz CT molecular complexity index is 414. The second-order valence-corrected chi connectivity index (χ2v) is 2.86. The van der Waals surface area contributed by atoms with Crippen molar-refractivity contribution in [1.29, 1.82) is 0 Å². The van der Waals surface area contributed by atoms with Crippen molar-refractivity contribution in [2.75, 3.05) is 0 Å². The molecule has 82 valence electrons. The van der Waals surface area contributed by atoms with Crippen LogP contribution in [-0.2, 0) is 6.18 Å². The highest BCUT2D eigenvalue weighted by molar-refractivity contribution is 5.44. The average Bonchev–Trinajstić information content (AvgIpc) is 2.06. The number of hydrogen-bond acceptors (Lipinski definition) is 2. The molecule has 3 nitrogen and oxygen atoms in total. The SMILES string of the molecule is Cc1c(F)cc(C(F)(F)F)cc1[N+](=O)[O-]. The third kappa shape index (κ3) is 2.23. The van der Waals surface area contributed by atoms with E-state index in [0.29, 0.717) is 6.07 Å². The van der Waals surface area contributed by atoms with E-state index in [4.69, 9.17) is 0 Å². The maximum atomic E-state index is 12.9. The number of rotatable bonds is 1. The zero-order valence-electron chi connectivity index (χ0n) is 7.43. The molecule has 0 fully saturated rings. The molecule has 0 saturated carbocycles. The van der Waals surface area contributed by atoms with E-state index < -0.39 is 33.7 Å². The third-order valence-corrected chi connectivity index (χ3v) is 1.84. The van der Waals surface area contributed by atoms with Gasteiger partial charge in [-0.1, -0.05) is 0 Å². The Morgan fingerprint density at radius 3 is 2.27 bits per heavy atom. The number of nitro benzene ring substituents is 1. The lowest BCUT2D eigenvalue weighted by molar-refractivity contribution is -0.385. The van der Waals surface area contributed by atoms with Crippen molar-refractivity contribution in [2.24, 2.45) is 0 Å². The lowest BCUT2D eigenvalue weighted by Gasteiger charge is -2.07. The van der Waals surface area contributed by atoms with Gasteiger partial charge in [0.2, 0.25) is 0 Å². The number of nitro groups is 1. The molecule has 0 amide bonds. The van der Waals surface area contributed by atoms with Crippen LogP contribution in [0.2, 0.25) is 0 Å². The van der Waals surface area contributed by atoms with Crippen molar-refractivity contribution in [3.8, 4) is 0 Å². The topological polar surface area (TPSA) is 43.1 Å². The highest BCUT2D eigenvalue weighted by atomic mass is 19.4. The number of benzene rings is 1. The van der Waals surface area contributed by atoms with Gasteiger partial charge in [0.25, 0.3) is 5.69 Å². The summed E-state index contributed by atoms with van der Waals surface area (Å²) in [6, 6.07) is 0.556. The normalized spacial score (nSPS) is 11.5. The van der Waals surface area contributed by atoms with E-state index in [0.717, 1.165) is 6.92 Å². The van der Waals surface area contributed by atoms with Crippen molar-refractivity contribution in [3.05, 3.63) is 39.2 Å². The molecule has 0 spiro atoms. The molecule has 0 saturated heterocycles. The van der Waals surface area contributed by atoms with E-state index in [1.165, 1.54) is 0 Å². The molecule has 0 atom stereocenters. The van der Waals surface area contributed by atoms with E-state index in [-0.39, 0.29) is 6.07 Å². The molecule has 0 aliphatic heterocycles. The Balaban J connectivity index is 3.43. The Hall–Kier alpha value is -1.66. The molecule has 0 aliphatic rings. The first-order valence-corrected chi connectivity index (χ1v) is 3.75. The van der Waals surface area contributed by atoms with Crippen molar-refractivity contribution in [2.45, 2.75) is 13.1 Å². The Morgan fingerprint density at radius 2 is 1.87 bits per heavy atom. The van der Waals surface area contributed by atoms with E-state index in [2.05, 4.69) is 0 Å². The quantitative estimate of drug-likeness (QED) is 0.417. The highest BCUT2D eigenvalue weighted by Crippen LogP contribution is 2.33. The van der Waals surface area contributed by atoms with Gasteiger partial charge in [-0.25, -0.2) is 4.39 Å². The molecule has 1 rings (SSSR count). The fourth-order valence-electron chi connectivity index (χ4n) is 1.02. The number of halogens is 4. The highest BCUT2D eigenvalue weighted by Gasteiger charge is 2.34. The number of hydrogen-bond donors (Lipinski definition) is 0. The Morgan fingerprint density at radius 1 is 1.33 bits per heavy atom. The molecule has 15 heavy (non-hydrogen) atoms. The van der Waals surface area contributed by atoms with E-state index in [1.54, 1.807) is 0 Å². The Kier molecular flexibility index (Phi) is 2.65. The monoisotopic (exact) mass is 223 g/mol. The first kappa shape index (κ1) is 11.4. The minimum atomic E-state index is -4.79. The summed E-state index contributed by atoms with van der Waals surface area (Å²) in [5.74, 6) is -1.24. The van der Waals surface area contributed by atoms with Gasteiger partial charge in [-0.15, -0.1) is 0 Å². The standard InChI is InChI=1S/C8H5F4NO2/c1-4-6(9)2-5(8(10,11)12)3-7(4)13(14)15/h2-3H,1H3. The molecule has 0 N–H and O–H groups in total. The summed E-state index contributed by atoms with van der Waals surface area (Å²) in [7, 11) is 0. The zero-order chi connectivity index (χ0) is 11.8. The predicted molar refractivity (Wildman–Crippen MR) is 42.8 cm³/mol. The van der Waals surface area contributed by atoms with Crippen LogP contribution in [0.1, 0.15) is 11.1 Å². The molecular weight excluding hydrogens is 218 g/mol. The smallest absolute Gasteiger partial charge is 0.258 e. The largest absolute Gasteiger partial charge is 0.416 e. The first-order chi connectivity index (χ1) is 6.73. The van der Waals surface area contributed by atoms with Crippen LogP contribution in [0.3, 0.4) is 0 Å². The summed E-state index contributed by atoms with van der Waals surface area (Å²) in [4.78, 5) is 9.28. The second kappa shape index (κ2) is 3.48. The zero-order valence-corrected chi connectivity index (χ0v) is 7.43. The van der Waals surface area contributed by atoms with Crippen LogP contribution in [0.15, 0.2) is 12.1 Å². The molecule has 0 aliphatic carbocycles. The van der Waals surface area contributed by atoms with Crippen molar-refractivity contribution in [3.63, 3.8) is 0 Å². The average molecular weight is 223 g/mol. The minimum Gasteiger partial charge on any atom is -0.258 e. The number of alkyl halides is 3. The number of nitrogens with zero attached hydrogens (tertiary/aromatic N) is 1. The van der Waals surface area contributed by atoms with Gasteiger partial charge < -0.3 is 0 Å². The molecule has 7 heteroatoms.